The van der Waals surface area contributed by atoms with E-state index in [9.17, 15) is 4.79 Å². The maximum Gasteiger partial charge on any atom is 0.317 e. The average molecular weight is 360 g/mol. The molecule has 1 aliphatic rings. The van der Waals surface area contributed by atoms with Gasteiger partial charge in [0.25, 0.3) is 5.89 Å². The summed E-state index contributed by atoms with van der Waals surface area (Å²) in [6.07, 6.45) is 2.10. The number of urea groups is 1. The molecule has 0 saturated carbocycles. The van der Waals surface area contributed by atoms with Crippen molar-refractivity contribution in [1.29, 1.82) is 0 Å². The van der Waals surface area contributed by atoms with Crippen molar-refractivity contribution in [3.05, 3.63) is 36.2 Å². The van der Waals surface area contributed by atoms with E-state index in [0.717, 1.165) is 25.0 Å². The number of amides is 2. The highest BCUT2D eigenvalue weighted by atomic mass is 16.5. The fraction of sp³-hybridized carbons (Fsp3) is 0.500. The largest absolute Gasteiger partial charge is 0.383 e. The van der Waals surface area contributed by atoms with Crippen molar-refractivity contribution in [3.8, 4) is 11.5 Å². The number of rotatable bonds is 8. The summed E-state index contributed by atoms with van der Waals surface area (Å²) in [6, 6.07) is 9.32. The second-order valence-corrected chi connectivity index (χ2v) is 6.11. The third kappa shape index (κ3) is 5.03. The number of methoxy groups -OCH3 is 1. The van der Waals surface area contributed by atoms with Crippen LogP contribution in [0.1, 0.15) is 18.7 Å². The van der Waals surface area contributed by atoms with E-state index in [2.05, 4.69) is 15.5 Å². The third-order valence-electron chi connectivity index (χ3n) is 4.19. The van der Waals surface area contributed by atoms with Crippen molar-refractivity contribution in [2.45, 2.75) is 25.5 Å². The number of aromatic nitrogens is 2. The van der Waals surface area contributed by atoms with E-state index in [1.165, 1.54) is 0 Å². The number of hydrogen-bond donors (Lipinski definition) is 1. The summed E-state index contributed by atoms with van der Waals surface area (Å²) in [4.78, 5) is 18.5. The molecule has 8 nitrogen and oxygen atoms in total. The van der Waals surface area contributed by atoms with Gasteiger partial charge in [0.15, 0.2) is 5.82 Å². The molecule has 8 heteroatoms. The minimum absolute atomic E-state index is 0.0902. The van der Waals surface area contributed by atoms with Crippen LogP contribution in [-0.2, 0) is 16.0 Å². The molecule has 3 rings (SSSR count). The van der Waals surface area contributed by atoms with Crippen molar-refractivity contribution in [3.63, 3.8) is 0 Å². The topological polar surface area (TPSA) is 89.7 Å². The van der Waals surface area contributed by atoms with Crippen molar-refractivity contribution >= 4 is 6.03 Å². The van der Waals surface area contributed by atoms with Gasteiger partial charge in [-0.15, -0.1) is 0 Å². The minimum atomic E-state index is -0.191. The number of nitrogens with one attached hydrogen (secondary N) is 1. The van der Waals surface area contributed by atoms with Crippen LogP contribution in [0.15, 0.2) is 34.9 Å². The predicted molar refractivity (Wildman–Crippen MR) is 94.4 cm³/mol. The Morgan fingerprint density at radius 1 is 1.38 bits per heavy atom. The Balaban J connectivity index is 1.54. The normalized spacial score (nSPS) is 16.6. The summed E-state index contributed by atoms with van der Waals surface area (Å²) in [5, 5.41) is 6.76. The monoisotopic (exact) mass is 360 g/mol. The molecule has 0 aliphatic carbocycles. The van der Waals surface area contributed by atoms with Gasteiger partial charge in [-0.05, 0) is 25.0 Å². The highest BCUT2D eigenvalue weighted by molar-refractivity contribution is 5.74. The molecule has 1 aromatic carbocycles. The highest BCUT2D eigenvalue weighted by Gasteiger charge is 2.22. The van der Waals surface area contributed by atoms with Crippen LogP contribution in [0.2, 0.25) is 0 Å². The van der Waals surface area contributed by atoms with E-state index in [0.29, 0.717) is 31.4 Å². The average Bonchev–Trinajstić information content (AvgIpc) is 3.36. The Kier molecular flexibility index (Phi) is 6.56. The summed E-state index contributed by atoms with van der Waals surface area (Å²) in [6.45, 7) is 2.49. The van der Waals surface area contributed by atoms with Crippen LogP contribution in [0.4, 0.5) is 4.79 Å². The molecule has 1 saturated heterocycles. The van der Waals surface area contributed by atoms with Gasteiger partial charge in [-0.1, -0.05) is 23.4 Å². The van der Waals surface area contributed by atoms with Gasteiger partial charge in [0.1, 0.15) is 0 Å². The molecule has 2 aromatic rings. The van der Waals surface area contributed by atoms with Crippen LogP contribution < -0.4 is 5.32 Å². The first-order valence-corrected chi connectivity index (χ1v) is 8.77. The Hall–Kier alpha value is -2.45. The van der Waals surface area contributed by atoms with E-state index in [1.807, 2.05) is 30.3 Å². The number of benzene rings is 1. The van der Waals surface area contributed by atoms with Gasteiger partial charge in [-0.2, -0.15) is 4.98 Å². The van der Waals surface area contributed by atoms with Crippen molar-refractivity contribution < 1.29 is 18.8 Å². The van der Waals surface area contributed by atoms with Crippen molar-refractivity contribution in [2.24, 2.45) is 0 Å². The number of nitrogens with zero attached hydrogens (tertiary/aromatic N) is 3. The third-order valence-corrected chi connectivity index (χ3v) is 4.19. The predicted octanol–water partition coefficient (Wildman–Crippen LogP) is 2.07. The van der Waals surface area contributed by atoms with Crippen LogP contribution in [0.5, 0.6) is 0 Å². The number of carbonyl (C=O) groups excluding carboxylic acids is 1. The molecule has 1 atom stereocenters. The zero-order valence-electron chi connectivity index (χ0n) is 14.9. The molecule has 2 amide bonds. The SMILES string of the molecule is COCCN(CC1CCCO1)C(=O)NCc1noc(-c2ccccc2)n1. The molecule has 1 fully saturated rings. The summed E-state index contributed by atoms with van der Waals surface area (Å²) in [5.41, 5.74) is 0.845. The lowest BCUT2D eigenvalue weighted by atomic mass is 10.2. The molecule has 0 radical (unpaired) electrons. The summed E-state index contributed by atoms with van der Waals surface area (Å²) < 4.78 is 16.0. The van der Waals surface area contributed by atoms with E-state index in [4.69, 9.17) is 14.0 Å². The smallest absolute Gasteiger partial charge is 0.317 e. The van der Waals surface area contributed by atoms with Crippen molar-refractivity contribution in [2.75, 3.05) is 33.4 Å². The molecule has 140 valence electrons. The lowest BCUT2D eigenvalue weighted by Crippen LogP contribution is -2.45. The first kappa shape index (κ1) is 18.3. The Labute approximate surface area is 152 Å². The standard InChI is InChI=1S/C18H24N4O4/c1-24-11-9-22(13-15-8-5-10-25-15)18(23)19-12-16-20-17(26-21-16)14-6-3-2-4-7-14/h2-4,6-7,15H,5,8-13H2,1H3,(H,19,23). The van der Waals surface area contributed by atoms with E-state index in [1.54, 1.807) is 12.0 Å². The first-order valence-electron chi connectivity index (χ1n) is 8.77. The molecular formula is C18H24N4O4. The van der Waals surface area contributed by atoms with Crippen LogP contribution >= 0.6 is 0 Å². The molecule has 26 heavy (non-hydrogen) atoms. The molecule has 1 aromatic heterocycles. The van der Waals surface area contributed by atoms with E-state index < -0.39 is 0 Å². The quantitative estimate of drug-likeness (QED) is 0.775. The lowest BCUT2D eigenvalue weighted by molar-refractivity contribution is 0.0720. The van der Waals surface area contributed by atoms with Gasteiger partial charge in [0.2, 0.25) is 0 Å². The molecule has 0 bridgehead atoms. The summed E-state index contributed by atoms with van der Waals surface area (Å²) in [5.74, 6) is 0.867. The number of ether oxygens (including phenoxy) is 2. The number of carbonyl (C=O) groups is 1. The van der Waals surface area contributed by atoms with Gasteiger partial charge < -0.3 is 24.2 Å². The molecule has 1 unspecified atom stereocenters. The van der Waals surface area contributed by atoms with Crippen LogP contribution in [0.25, 0.3) is 11.5 Å². The fourth-order valence-corrected chi connectivity index (χ4v) is 2.80. The van der Waals surface area contributed by atoms with Gasteiger partial charge in [0, 0.05) is 32.4 Å². The molecule has 2 heterocycles. The van der Waals surface area contributed by atoms with E-state index in [-0.39, 0.29) is 18.7 Å². The fourth-order valence-electron chi connectivity index (χ4n) is 2.80. The van der Waals surface area contributed by atoms with Gasteiger partial charge >= 0.3 is 6.03 Å². The molecule has 1 N–H and O–H groups in total. The Morgan fingerprint density at radius 2 is 2.23 bits per heavy atom. The van der Waals surface area contributed by atoms with Crippen molar-refractivity contribution in [1.82, 2.24) is 20.4 Å². The molecular weight excluding hydrogens is 336 g/mol. The van der Waals surface area contributed by atoms with Crippen LogP contribution in [0.3, 0.4) is 0 Å². The second kappa shape index (κ2) is 9.30. The van der Waals surface area contributed by atoms with Crippen LogP contribution in [-0.4, -0.2) is 60.6 Å². The van der Waals surface area contributed by atoms with Gasteiger partial charge in [-0.3, -0.25) is 0 Å². The Bertz CT molecular complexity index is 686. The zero-order valence-corrected chi connectivity index (χ0v) is 14.9. The van der Waals surface area contributed by atoms with Gasteiger partial charge in [0.05, 0.1) is 19.3 Å². The number of hydrogen-bond acceptors (Lipinski definition) is 6. The minimum Gasteiger partial charge on any atom is -0.383 e. The maximum absolute atomic E-state index is 12.5. The molecule has 1 aliphatic heterocycles. The Morgan fingerprint density at radius 3 is 2.96 bits per heavy atom. The highest BCUT2D eigenvalue weighted by Crippen LogP contribution is 2.16. The lowest BCUT2D eigenvalue weighted by Gasteiger charge is -2.25. The van der Waals surface area contributed by atoms with E-state index >= 15 is 0 Å². The second-order valence-electron chi connectivity index (χ2n) is 6.11. The molecule has 0 spiro atoms. The summed E-state index contributed by atoms with van der Waals surface area (Å²) >= 11 is 0. The zero-order chi connectivity index (χ0) is 18.2. The maximum atomic E-state index is 12.5. The van der Waals surface area contributed by atoms with Gasteiger partial charge in [-0.25, -0.2) is 4.79 Å². The summed E-state index contributed by atoms with van der Waals surface area (Å²) in [7, 11) is 1.62. The first-order chi connectivity index (χ1) is 12.8. The van der Waals surface area contributed by atoms with Crippen LogP contribution in [0, 0.1) is 0 Å².